The predicted octanol–water partition coefficient (Wildman–Crippen LogP) is 2.24. The minimum absolute atomic E-state index is 0.0199. The van der Waals surface area contributed by atoms with E-state index in [9.17, 15) is 18.0 Å². The summed E-state index contributed by atoms with van der Waals surface area (Å²) in [5, 5.41) is 3.73. The number of carbonyl (C=O) groups is 1. The van der Waals surface area contributed by atoms with Crippen molar-refractivity contribution in [1.82, 2.24) is 14.7 Å². The van der Waals surface area contributed by atoms with Crippen LogP contribution in [0.3, 0.4) is 0 Å². The van der Waals surface area contributed by atoms with E-state index in [-0.39, 0.29) is 11.5 Å². The van der Waals surface area contributed by atoms with E-state index in [0.717, 1.165) is 4.68 Å². The maximum atomic E-state index is 12.9. The third-order valence-corrected chi connectivity index (χ3v) is 4.37. The number of hydrogen-bond donors (Lipinski definition) is 1. The molecule has 0 fully saturated rings. The zero-order chi connectivity index (χ0) is 18.4. The number of carbonyl (C=O) groups excluding carboxylic acids is 1. The van der Waals surface area contributed by atoms with Gasteiger partial charge in [0.25, 0.3) is 5.91 Å². The van der Waals surface area contributed by atoms with Gasteiger partial charge < -0.3 is 5.73 Å². The number of likely N-dealkylation sites (N-methyl/N-ethyl adjacent to an activating group) is 1. The molecule has 10 heteroatoms. The van der Waals surface area contributed by atoms with Crippen LogP contribution >= 0.6 is 15.9 Å². The lowest BCUT2D eigenvalue weighted by molar-refractivity contribution is -0.142. The molecule has 2 heterocycles. The van der Waals surface area contributed by atoms with Gasteiger partial charge in [0.1, 0.15) is 6.54 Å². The van der Waals surface area contributed by atoms with Crippen molar-refractivity contribution in [3.63, 3.8) is 0 Å². The highest BCUT2D eigenvalue weighted by Crippen LogP contribution is 2.40. The van der Waals surface area contributed by atoms with Gasteiger partial charge in [0, 0.05) is 23.3 Å². The first-order valence-electron chi connectivity index (χ1n) is 7.13. The van der Waals surface area contributed by atoms with Crippen LogP contribution in [-0.4, -0.2) is 39.8 Å². The number of aromatic nitrogens is 2. The first-order chi connectivity index (χ1) is 11.6. The molecule has 0 bridgehead atoms. The van der Waals surface area contributed by atoms with Crippen molar-refractivity contribution in [2.45, 2.75) is 18.3 Å². The molecule has 0 aliphatic carbocycles. The number of guanidine groups is 1. The summed E-state index contributed by atoms with van der Waals surface area (Å²) in [5.41, 5.74) is 4.93. The maximum absolute atomic E-state index is 12.9. The lowest BCUT2D eigenvalue weighted by Gasteiger charge is -2.24. The van der Waals surface area contributed by atoms with Crippen LogP contribution in [0.2, 0.25) is 0 Å². The van der Waals surface area contributed by atoms with E-state index in [2.05, 4.69) is 26.0 Å². The average molecular weight is 416 g/mol. The SMILES string of the molecule is CN1C(=O)C(c2cccc(Br)c2)(c2cnn(CC(F)(F)F)c2)N=C1N. The summed E-state index contributed by atoms with van der Waals surface area (Å²) >= 11 is 3.33. The maximum Gasteiger partial charge on any atom is 0.408 e. The molecule has 132 valence electrons. The van der Waals surface area contributed by atoms with Gasteiger partial charge in [-0.2, -0.15) is 18.3 Å². The number of alkyl halides is 3. The summed E-state index contributed by atoms with van der Waals surface area (Å²) < 4.78 is 39.3. The van der Waals surface area contributed by atoms with Gasteiger partial charge in [-0.25, -0.2) is 4.99 Å². The van der Waals surface area contributed by atoms with E-state index in [4.69, 9.17) is 5.73 Å². The van der Waals surface area contributed by atoms with Crippen molar-refractivity contribution in [2.24, 2.45) is 10.7 Å². The Morgan fingerprint density at radius 3 is 2.60 bits per heavy atom. The normalized spacial score (nSPS) is 20.9. The van der Waals surface area contributed by atoms with Gasteiger partial charge in [0.05, 0.1) is 6.20 Å². The van der Waals surface area contributed by atoms with Crippen LogP contribution in [0.1, 0.15) is 11.1 Å². The van der Waals surface area contributed by atoms with Crippen molar-refractivity contribution in [1.29, 1.82) is 0 Å². The van der Waals surface area contributed by atoms with E-state index in [1.54, 1.807) is 24.3 Å². The molecule has 0 spiro atoms. The zero-order valence-corrected chi connectivity index (χ0v) is 14.5. The molecule has 3 rings (SSSR count). The van der Waals surface area contributed by atoms with Crippen LogP contribution in [0, 0.1) is 0 Å². The summed E-state index contributed by atoms with van der Waals surface area (Å²) in [5.74, 6) is -0.483. The standard InChI is InChI=1S/C15H13BrF3N5O/c1-23-12(25)15(22-13(23)20,9-3-2-4-11(16)5-9)10-6-21-24(7-10)8-14(17,18)19/h2-7H,8H2,1H3,(H2,20,22). The Balaban J connectivity index is 2.16. The Kier molecular flexibility index (Phi) is 4.10. The monoisotopic (exact) mass is 415 g/mol. The first-order valence-corrected chi connectivity index (χ1v) is 7.92. The van der Waals surface area contributed by atoms with Gasteiger partial charge in [-0.3, -0.25) is 14.4 Å². The Hall–Kier alpha value is -2.36. The summed E-state index contributed by atoms with van der Waals surface area (Å²) in [6, 6.07) is 6.81. The fourth-order valence-corrected chi connectivity index (χ4v) is 3.12. The summed E-state index contributed by atoms with van der Waals surface area (Å²) in [6.07, 6.45) is -2.05. The highest BCUT2D eigenvalue weighted by Gasteiger charge is 2.50. The zero-order valence-electron chi connectivity index (χ0n) is 13.0. The molecule has 0 saturated heterocycles. The van der Waals surface area contributed by atoms with Crippen molar-refractivity contribution in [3.8, 4) is 0 Å². The van der Waals surface area contributed by atoms with Crippen LogP contribution in [0.25, 0.3) is 0 Å². The molecule has 1 aliphatic rings. The molecule has 1 aromatic carbocycles. The second-order valence-electron chi connectivity index (χ2n) is 5.60. The Morgan fingerprint density at radius 1 is 1.32 bits per heavy atom. The molecular formula is C15H13BrF3N5O. The van der Waals surface area contributed by atoms with Gasteiger partial charge in [0.15, 0.2) is 11.5 Å². The van der Waals surface area contributed by atoms with Gasteiger partial charge in [-0.05, 0) is 17.7 Å². The topological polar surface area (TPSA) is 76.5 Å². The number of benzene rings is 1. The summed E-state index contributed by atoms with van der Waals surface area (Å²) in [7, 11) is 1.46. The fraction of sp³-hybridized carbons (Fsp3) is 0.267. The van der Waals surface area contributed by atoms with Crippen LogP contribution < -0.4 is 5.73 Å². The highest BCUT2D eigenvalue weighted by molar-refractivity contribution is 9.10. The van der Waals surface area contributed by atoms with Gasteiger partial charge in [-0.15, -0.1) is 0 Å². The van der Waals surface area contributed by atoms with Crippen LogP contribution in [0.15, 0.2) is 46.1 Å². The average Bonchev–Trinajstić information content (AvgIpc) is 3.05. The molecule has 0 radical (unpaired) electrons. The van der Waals surface area contributed by atoms with E-state index in [1.807, 2.05) is 0 Å². The third kappa shape index (κ3) is 3.01. The van der Waals surface area contributed by atoms with Crippen molar-refractivity contribution >= 4 is 27.8 Å². The fourth-order valence-electron chi connectivity index (χ4n) is 2.72. The molecule has 1 unspecified atom stereocenters. The Labute approximate surface area is 149 Å². The van der Waals surface area contributed by atoms with Crippen LogP contribution in [0.5, 0.6) is 0 Å². The molecule has 1 aliphatic heterocycles. The number of amides is 1. The molecule has 1 aromatic heterocycles. The molecule has 25 heavy (non-hydrogen) atoms. The minimum atomic E-state index is -4.43. The van der Waals surface area contributed by atoms with Crippen molar-refractivity contribution in [2.75, 3.05) is 7.05 Å². The largest absolute Gasteiger partial charge is 0.408 e. The van der Waals surface area contributed by atoms with Crippen LogP contribution in [-0.2, 0) is 16.9 Å². The highest BCUT2D eigenvalue weighted by atomic mass is 79.9. The molecule has 2 N–H and O–H groups in total. The van der Waals surface area contributed by atoms with Crippen LogP contribution in [0.4, 0.5) is 13.2 Å². The van der Waals surface area contributed by atoms with E-state index in [1.165, 1.54) is 24.3 Å². The van der Waals surface area contributed by atoms with Gasteiger partial charge in [0.2, 0.25) is 0 Å². The van der Waals surface area contributed by atoms with Crippen molar-refractivity contribution in [3.05, 3.63) is 52.3 Å². The molecular weight excluding hydrogens is 403 g/mol. The first kappa shape index (κ1) is 17.5. The minimum Gasteiger partial charge on any atom is -0.369 e. The Morgan fingerprint density at radius 2 is 2.04 bits per heavy atom. The molecule has 0 saturated carbocycles. The lowest BCUT2D eigenvalue weighted by atomic mass is 9.84. The number of aliphatic imine (C=N–C) groups is 1. The van der Waals surface area contributed by atoms with Gasteiger partial charge in [-0.1, -0.05) is 28.1 Å². The number of rotatable bonds is 3. The van der Waals surface area contributed by atoms with E-state index in [0.29, 0.717) is 10.0 Å². The van der Waals surface area contributed by atoms with Gasteiger partial charge >= 0.3 is 6.18 Å². The Bertz CT molecular complexity index is 863. The second kappa shape index (κ2) is 5.87. The second-order valence-corrected chi connectivity index (χ2v) is 6.51. The smallest absolute Gasteiger partial charge is 0.369 e. The quantitative estimate of drug-likeness (QED) is 0.834. The molecule has 2 aromatic rings. The third-order valence-electron chi connectivity index (χ3n) is 3.87. The molecule has 1 amide bonds. The van der Waals surface area contributed by atoms with E-state index >= 15 is 0 Å². The molecule has 1 atom stereocenters. The van der Waals surface area contributed by atoms with E-state index < -0.39 is 24.2 Å². The number of nitrogens with zero attached hydrogens (tertiary/aromatic N) is 4. The molecule has 6 nitrogen and oxygen atoms in total. The van der Waals surface area contributed by atoms with Crippen molar-refractivity contribution < 1.29 is 18.0 Å². The lowest BCUT2D eigenvalue weighted by Crippen LogP contribution is -2.41. The number of hydrogen-bond acceptors (Lipinski definition) is 4. The number of halogens is 4. The summed E-state index contributed by atoms with van der Waals surface area (Å²) in [6.45, 7) is -1.26. The summed E-state index contributed by atoms with van der Waals surface area (Å²) in [4.78, 5) is 18.4. The number of nitrogens with two attached hydrogens (primary N) is 1. The predicted molar refractivity (Wildman–Crippen MR) is 87.6 cm³/mol.